The first-order valence-electron chi connectivity index (χ1n) is 7.99. The second-order valence-electron chi connectivity index (χ2n) is 6.02. The summed E-state index contributed by atoms with van der Waals surface area (Å²) in [5.41, 5.74) is 2.99. The fourth-order valence-electron chi connectivity index (χ4n) is 3.17. The van der Waals surface area contributed by atoms with Gasteiger partial charge in [0.15, 0.2) is 0 Å². The van der Waals surface area contributed by atoms with Crippen LogP contribution < -0.4 is 10.1 Å². The van der Waals surface area contributed by atoms with Gasteiger partial charge in [-0.15, -0.1) is 0 Å². The number of halogens is 1. The minimum absolute atomic E-state index is 0.288. The number of hydrogen-bond donors (Lipinski definition) is 2. The first-order chi connectivity index (χ1) is 11.2. The van der Waals surface area contributed by atoms with Crippen LogP contribution in [0.4, 0.5) is 4.39 Å². The molecule has 0 bridgehead atoms. The highest BCUT2D eigenvalue weighted by molar-refractivity contribution is 5.38. The Labute approximate surface area is 136 Å². The van der Waals surface area contributed by atoms with Crippen molar-refractivity contribution in [1.29, 1.82) is 0 Å². The van der Waals surface area contributed by atoms with E-state index in [1.807, 2.05) is 6.07 Å². The summed E-state index contributed by atoms with van der Waals surface area (Å²) in [5.74, 6) is 0.510. The van der Waals surface area contributed by atoms with E-state index in [9.17, 15) is 9.50 Å². The van der Waals surface area contributed by atoms with Gasteiger partial charge in [-0.25, -0.2) is 4.39 Å². The molecule has 2 unspecified atom stereocenters. The molecule has 0 amide bonds. The highest BCUT2D eigenvalue weighted by Gasteiger charge is 2.20. The molecule has 0 saturated carbocycles. The highest BCUT2D eigenvalue weighted by Crippen LogP contribution is 2.26. The van der Waals surface area contributed by atoms with Crippen molar-refractivity contribution in [2.75, 3.05) is 13.7 Å². The molecule has 23 heavy (non-hydrogen) atoms. The SMILES string of the molecule is COc1ccc2c(c1)CC(NCC(O)c1ccccc1F)CC2. The average Bonchev–Trinajstić information content (AvgIpc) is 2.59. The highest BCUT2D eigenvalue weighted by atomic mass is 19.1. The second kappa shape index (κ2) is 7.11. The zero-order chi connectivity index (χ0) is 16.2. The number of benzene rings is 2. The van der Waals surface area contributed by atoms with Gasteiger partial charge in [0.05, 0.1) is 13.2 Å². The van der Waals surface area contributed by atoms with Crippen molar-refractivity contribution in [2.24, 2.45) is 0 Å². The van der Waals surface area contributed by atoms with Crippen molar-refractivity contribution >= 4 is 0 Å². The number of fused-ring (bicyclic) bond motifs is 1. The van der Waals surface area contributed by atoms with Crippen LogP contribution >= 0.6 is 0 Å². The van der Waals surface area contributed by atoms with Crippen LogP contribution in [-0.4, -0.2) is 24.8 Å². The summed E-state index contributed by atoms with van der Waals surface area (Å²) in [4.78, 5) is 0. The van der Waals surface area contributed by atoms with Crippen LogP contribution in [0.2, 0.25) is 0 Å². The van der Waals surface area contributed by atoms with Gasteiger partial charge >= 0.3 is 0 Å². The van der Waals surface area contributed by atoms with Crippen LogP contribution in [0.3, 0.4) is 0 Å². The summed E-state index contributed by atoms with van der Waals surface area (Å²) in [6.07, 6.45) is 2.09. The van der Waals surface area contributed by atoms with E-state index < -0.39 is 6.10 Å². The summed E-state index contributed by atoms with van der Waals surface area (Å²) < 4.78 is 19.0. The van der Waals surface area contributed by atoms with Gasteiger partial charge < -0.3 is 15.2 Å². The van der Waals surface area contributed by atoms with E-state index in [-0.39, 0.29) is 11.9 Å². The summed E-state index contributed by atoms with van der Waals surface area (Å²) in [7, 11) is 1.67. The van der Waals surface area contributed by atoms with Gasteiger partial charge in [-0.3, -0.25) is 0 Å². The molecule has 2 atom stereocenters. The molecule has 3 rings (SSSR count). The lowest BCUT2D eigenvalue weighted by Gasteiger charge is -2.27. The molecule has 2 aromatic carbocycles. The molecule has 4 heteroatoms. The largest absolute Gasteiger partial charge is 0.497 e. The number of methoxy groups -OCH3 is 1. The van der Waals surface area contributed by atoms with Crippen molar-refractivity contribution in [3.63, 3.8) is 0 Å². The Bertz CT molecular complexity index is 674. The monoisotopic (exact) mass is 315 g/mol. The maximum Gasteiger partial charge on any atom is 0.129 e. The summed E-state index contributed by atoms with van der Waals surface area (Å²) in [6.45, 7) is 0.352. The maximum atomic E-state index is 13.7. The molecule has 0 spiro atoms. The second-order valence-corrected chi connectivity index (χ2v) is 6.02. The Hall–Kier alpha value is -1.91. The standard InChI is InChI=1S/C19H22FNO2/c1-23-16-9-7-13-6-8-15(10-14(13)11-16)21-12-19(22)17-4-2-3-5-18(17)20/h2-5,7,9,11,15,19,21-22H,6,8,10,12H2,1H3. The van der Waals surface area contributed by atoms with Crippen LogP contribution in [0, 0.1) is 5.82 Å². The Morgan fingerprint density at radius 1 is 1.26 bits per heavy atom. The molecule has 0 aromatic heterocycles. The number of aliphatic hydroxyl groups is 1. The lowest BCUT2D eigenvalue weighted by molar-refractivity contribution is 0.164. The van der Waals surface area contributed by atoms with Crippen molar-refractivity contribution in [3.8, 4) is 5.75 Å². The van der Waals surface area contributed by atoms with Gasteiger partial charge in [-0.1, -0.05) is 24.3 Å². The van der Waals surface area contributed by atoms with E-state index in [2.05, 4.69) is 17.4 Å². The van der Waals surface area contributed by atoms with E-state index in [1.54, 1.807) is 25.3 Å². The van der Waals surface area contributed by atoms with Crippen LogP contribution in [0.5, 0.6) is 5.75 Å². The smallest absolute Gasteiger partial charge is 0.129 e. The first kappa shape index (κ1) is 16.0. The molecule has 0 fully saturated rings. The molecule has 3 nitrogen and oxygen atoms in total. The van der Waals surface area contributed by atoms with Crippen LogP contribution in [0.1, 0.15) is 29.2 Å². The zero-order valence-corrected chi connectivity index (χ0v) is 13.3. The summed E-state index contributed by atoms with van der Waals surface area (Å²) in [6, 6.07) is 12.9. The third-order valence-electron chi connectivity index (χ3n) is 4.51. The molecule has 0 heterocycles. The quantitative estimate of drug-likeness (QED) is 0.891. The minimum Gasteiger partial charge on any atom is -0.497 e. The molecular weight excluding hydrogens is 293 g/mol. The van der Waals surface area contributed by atoms with E-state index in [4.69, 9.17) is 4.74 Å². The fourth-order valence-corrected chi connectivity index (χ4v) is 3.17. The van der Waals surface area contributed by atoms with Crippen molar-refractivity contribution in [3.05, 3.63) is 65.0 Å². The van der Waals surface area contributed by atoms with Gasteiger partial charge in [0.2, 0.25) is 0 Å². The summed E-state index contributed by atoms with van der Waals surface area (Å²) >= 11 is 0. The molecule has 0 aliphatic heterocycles. The van der Waals surface area contributed by atoms with E-state index in [0.29, 0.717) is 12.1 Å². The molecule has 0 saturated heterocycles. The van der Waals surface area contributed by atoms with Crippen molar-refractivity contribution in [2.45, 2.75) is 31.4 Å². The molecule has 0 radical (unpaired) electrons. The number of ether oxygens (including phenoxy) is 1. The number of nitrogens with one attached hydrogen (secondary N) is 1. The first-order valence-corrected chi connectivity index (χ1v) is 7.99. The normalized spacial score (nSPS) is 18.3. The van der Waals surface area contributed by atoms with Crippen molar-refractivity contribution in [1.82, 2.24) is 5.32 Å². The van der Waals surface area contributed by atoms with Crippen molar-refractivity contribution < 1.29 is 14.2 Å². The van der Waals surface area contributed by atoms with Gasteiger partial charge in [-0.05, 0) is 48.6 Å². The van der Waals surface area contributed by atoms with Crippen LogP contribution in [0.15, 0.2) is 42.5 Å². The Morgan fingerprint density at radius 3 is 2.87 bits per heavy atom. The molecule has 2 N–H and O–H groups in total. The van der Waals surface area contributed by atoms with E-state index in [1.165, 1.54) is 17.2 Å². The number of aryl methyl sites for hydroxylation is 1. The Balaban J connectivity index is 1.60. The predicted molar refractivity (Wildman–Crippen MR) is 88.2 cm³/mol. The topological polar surface area (TPSA) is 41.5 Å². The van der Waals surface area contributed by atoms with Gasteiger partial charge in [0, 0.05) is 18.2 Å². The Morgan fingerprint density at radius 2 is 2.09 bits per heavy atom. The number of rotatable bonds is 5. The molecule has 1 aliphatic carbocycles. The fraction of sp³-hybridized carbons (Fsp3) is 0.368. The lowest BCUT2D eigenvalue weighted by Crippen LogP contribution is -2.37. The Kier molecular flexibility index (Phi) is 4.94. The number of hydrogen-bond acceptors (Lipinski definition) is 3. The van der Waals surface area contributed by atoms with Crippen LogP contribution in [0.25, 0.3) is 0 Å². The third kappa shape index (κ3) is 3.71. The molecular formula is C19H22FNO2. The summed E-state index contributed by atoms with van der Waals surface area (Å²) in [5, 5.41) is 13.6. The van der Waals surface area contributed by atoms with E-state index in [0.717, 1.165) is 25.0 Å². The van der Waals surface area contributed by atoms with Crippen LogP contribution in [-0.2, 0) is 12.8 Å². The third-order valence-corrected chi connectivity index (χ3v) is 4.51. The van der Waals surface area contributed by atoms with E-state index >= 15 is 0 Å². The maximum absolute atomic E-state index is 13.7. The lowest BCUT2D eigenvalue weighted by atomic mass is 9.88. The molecule has 122 valence electrons. The number of aliphatic hydroxyl groups excluding tert-OH is 1. The minimum atomic E-state index is -0.831. The van der Waals surface area contributed by atoms with Gasteiger partial charge in [0.1, 0.15) is 11.6 Å². The predicted octanol–water partition coefficient (Wildman–Crippen LogP) is 3.01. The molecule has 2 aromatic rings. The molecule has 1 aliphatic rings. The average molecular weight is 315 g/mol. The van der Waals surface area contributed by atoms with Gasteiger partial charge in [0.25, 0.3) is 0 Å². The zero-order valence-electron chi connectivity index (χ0n) is 13.3. The van der Waals surface area contributed by atoms with Gasteiger partial charge in [-0.2, -0.15) is 0 Å².